The fourth-order valence-corrected chi connectivity index (χ4v) is 1.45. The molecule has 0 aromatic carbocycles. The van der Waals surface area contributed by atoms with Crippen molar-refractivity contribution < 1.29 is 13.5 Å². The van der Waals surface area contributed by atoms with Gasteiger partial charge in [0.2, 0.25) is 0 Å². The van der Waals surface area contributed by atoms with Gasteiger partial charge in [-0.05, 0) is 15.9 Å². The summed E-state index contributed by atoms with van der Waals surface area (Å²) in [5, 5.41) is 0. The summed E-state index contributed by atoms with van der Waals surface area (Å²) in [6, 6.07) is 0.978. The van der Waals surface area contributed by atoms with Gasteiger partial charge in [-0.15, -0.1) is 0 Å². The third kappa shape index (κ3) is 2.06. The molecule has 0 atom stereocenters. The van der Waals surface area contributed by atoms with Crippen LogP contribution < -0.4 is 10.3 Å². The van der Waals surface area contributed by atoms with Gasteiger partial charge in [-0.3, -0.25) is 4.79 Å². The first kappa shape index (κ1) is 10.2. The number of aromatic nitrogens is 1. The quantitative estimate of drug-likeness (QED) is 0.821. The number of hydrogen-bond donors (Lipinski definition) is 1. The van der Waals surface area contributed by atoms with Crippen molar-refractivity contribution in [2.75, 3.05) is 7.11 Å². The molecule has 0 unspecified atom stereocenters. The van der Waals surface area contributed by atoms with Crippen LogP contribution in [-0.2, 0) is 0 Å². The Hall–Kier alpha value is -0.910. The Kier molecular flexibility index (Phi) is 3.02. The molecule has 0 aliphatic rings. The molecule has 0 radical (unpaired) electrons. The molecule has 0 spiro atoms. The van der Waals surface area contributed by atoms with Crippen molar-refractivity contribution in [2.24, 2.45) is 0 Å². The Labute approximate surface area is 80.9 Å². The molecule has 1 aromatic heterocycles. The van der Waals surface area contributed by atoms with E-state index < -0.39 is 12.0 Å². The second-order valence-electron chi connectivity index (χ2n) is 2.23. The van der Waals surface area contributed by atoms with E-state index in [4.69, 9.17) is 0 Å². The van der Waals surface area contributed by atoms with Crippen molar-refractivity contribution in [3.63, 3.8) is 0 Å². The average Bonchev–Trinajstić information content (AvgIpc) is 2.01. The van der Waals surface area contributed by atoms with E-state index in [0.717, 1.165) is 6.07 Å². The number of halogens is 3. The van der Waals surface area contributed by atoms with Gasteiger partial charge in [0.15, 0.2) is 0 Å². The van der Waals surface area contributed by atoms with Crippen molar-refractivity contribution in [2.45, 2.75) is 6.43 Å². The molecule has 0 aliphatic heterocycles. The third-order valence-corrected chi connectivity index (χ3v) is 2.06. The highest BCUT2D eigenvalue weighted by Gasteiger charge is 2.18. The molecule has 13 heavy (non-hydrogen) atoms. The number of hydrogen-bond acceptors (Lipinski definition) is 2. The lowest BCUT2D eigenvalue weighted by molar-refractivity contribution is 0.145. The van der Waals surface area contributed by atoms with Gasteiger partial charge >= 0.3 is 0 Å². The normalized spacial score (nSPS) is 10.5. The number of rotatable bonds is 2. The van der Waals surface area contributed by atoms with Crippen LogP contribution in [0, 0.1) is 0 Å². The molecule has 0 bridgehead atoms. The predicted octanol–water partition coefficient (Wildman–Crippen LogP) is 2.08. The van der Waals surface area contributed by atoms with Crippen LogP contribution in [0.15, 0.2) is 15.5 Å². The number of aromatic amines is 1. The van der Waals surface area contributed by atoms with Crippen LogP contribution in [0.3, 0.4) is 0 Å². The molecule has 0 fully saturated rings. The molecule has 0 saturated heterocycles. The second kappa shape index (κ2) is 3.87. The Morgan fingerprint density at radius 1 is 1.62 bits per heavy atom. The number of ether oxygens (including phenoxy) is 1. The molecule has 1 N–H and O–H groups in total. The van der Waals surface area contributed by atoms with E-state index in [1.165, 1.54) is 7.11 Å². The topological polar surface area (TPSA) is 42.1 Å². The van der Waals surface area contributed by atoms with Crippen LogP contribution in [0.1, 0.15) is 12.0 Å². The fraction of sp³-hybridized carbons (Fsp3) is 0.286. The van der Waals surface area contributed by atoms with Crippen LogP contribution in [0.2, 0.25) is 0 Å². The van der Waals surface area contributed by atoms with E-state index in [1.807, 2.05) is 0 Å². The van der Waals surface area contributed by atoms with E-state index in [9.17, 15) is 13.6 Å². The summed E-state index contributed by atoms with van der Waals surface area (Å²) in [6.45, 7) is 0. The third-order valence-electron chi connectivity index (χ3n) is 1.44. The lowest BCUT2D eigenvalue weighted by Gasteiger charge is -2.08. The van der Waals surface area contributed by atoms with E-state index >= 15 is 0 Å². The highest BCUT2D eigenvalue weighted by molar-refractivity contribution is 9.10. The van der Waals surface area contributed by atoms with Gasteiger partial charge in [0, 0.05) is 6.07 Å². The zero-order valence-electron chi connectivity index (χ0n) is 6.61. The van der Waals surface area contributed by atoms with Crippen molar-refractivity contribution in [3.05, 3.63) is 26.6 Å². The van der Waals surface area contributed by atoms with E-state index in [0.29, 0.717) is 0 Å². The average molecular weight is 254 g/mol. The lowest BCUT2D eigenvalue weighted by Crippen LogP contribution is -2.08. The number of methoxy groups -OCH3 is 1. The molecule has 0 aliphatic carbocycles. The summed E-state index contributed by atoms with van der Waals surface area (Å²) in [7, 11) is 1.23. The Balaban J connectivity index is 3.38. The fourth-order valence-electron chi connectivity index (χ4n) is 0.889. The van der Waals surface area contributed by atoms with Crippen LogP contribution in [0.4, 0.5) is 8.78 Å². The van der Waals surface area contributed by atoms with Crippen molar-refractivity contribution in [1.82, 2.24) is 4.98 Å². The predicted molar refractivity (Wildman–Crippen MR) is 46.3 cm³/mol. The number of H-pyrrole nitrogens is 1. The van der Waals surface area contributed by atoms with Gasteiger partial charge in [0.05, 0.1) is 17.3 Å². The van der Waals surface area contributed by atoms with Gasteiger partial charge in [0.1, 0.15) is 5.75 Å². The minimum absolute atomic E-state index is 0.0492. The van der Waals surface area contributed by atoms with Crippen LogP contribution >= 0.6 is 15.9 Å². The Morgan fingerprint density at radius 3 is 2.69 bits per heavy atom. The number of alkyl halides is 2. The summed E-state index contributed by atoms with van der Waals surface area (Å²) in [4.78, 5) is 13.0. The smallest absolute Gasteiger partial charge is 0.269 e. The van der Waals surface area contributed by atoms with Gasteiger partial charge in [0.25, 0.3) is 12.0 Å². The molecule has 72 valence electrons. The van der Waals surface area contributed by atoms with Gasteiger partial charge in [-0.2, -0.15) is 0 Å². The molecule has 1 heterocycles. The van der Waals surface area contributed by atoms with Crippen LogP contribution in [0.5, 0.6) is 5.75 Å². The minimum Gasteiger partial charge on any atom is -0.496 e. The molecule has 1 aromatic rings. The molecule has 0 amide bonds. The zero-order valence-corrected chi connectivity index (χ0v) is 8.19. The summed E-state index contributed by atoms with van der Waals surface area (Å²) >= 11 is 2.82. The van der Waals surface area contributed by atoms with E-state index in [2.05, 4.69) is 25.7 Å². The Morgan fingerprint density at radius 2 is 2.23 bits per heavy atom. The first-order valence-electron chi connectivity index (χ1n) is 3.31. The first-order chi connectivity index (χ1) is 6.06. The summed E-state index contributed by atoms with van der Waals surface area (Å²) in [6.07, 6.45) is -2.69. The van der Waals surface area contributed by atoms with E-state index in [1.54, 1.807) is 0 Å². The SMILES string of the molecule is COc1cc(=O)[nH]c(Br)c1C(F)F. The summed E-state index contributed by atoms with van der Waals surface area (Å²) in [5.41, 5.74) is -0.838. The van der Waals surface area contributed by atoms with Crippen LogP contribution in [-0.4, -0.2) is 12.1 Å². The van der Waals surface area contributed by atoms with Gasteiger partial charge < -0.3 is 9.72 Å². The van der Waals surface area contributed by atoms with Crippen molar-refractivity contribution in [3.8, 4) is 5.75 Å². The highest BCUT2D eigenvalue weighted by Crippen LogP contribution is 2.32. The maximum atomic E-state index is 12.4. The minimum atomic E-state index is -2.69. The first-order valence-corrected chi connectivity index (χ1v) is 4.10. The summed E-state index contributed by atoms with van der Waals surface area (Å²) in [5.74, 6) is -0.120. The lowest BCUT2D eigenvalue weighted by atomic mass is 10.2. The summed E-state index contributed by atoms with van der Waals surface area (Å²) < 4.78 is 29.3. The van der Waals surface area contributed by atoms with Gasteiger partial charge in [-0.1, -0.05) is 0 Å². The van der Waals surface area contributed by atoms with E-state index in [-0.39, 0.29) is 15.9 Å². The highest BCUT2D eigenvalue weighted by atomic mass is 79.9. The Bertz CT molecular complexity index is 364. The zero-order chi connectivity index (χ0) is 10.0. The van der Waals surface area contributed by atoms with Crippen LogP contribution in [0.25, 0.3) is 0 Å². The maximum Gasteiger partial charge on any atom is 0.269 e. The molecule has 6 heteroatoms. The molecule has 3 nitrogen and oxygen atoms in total. The molecular formula is C7H6BrF2NO2. The standard InChI is InChI=1S/C7H6BrF2NO2/c1-13-3-2-4(12)11-6(8)5(3)7(9)10/h2,7H,1H3,(H,11,12). The monoisotopic (exact) mass is 253 g/mol. The van der Waals surface area contributed by atoms with Crippen molar-refractivity contribution in [1.29, 1.82) is 0 Å². The largest absolute Gasteiger partial charge is 0.496 e. The van der Waals surface area contributed by atoms with Crippen molar-refractivity contribution >= 4 is 15.9 Å². The molecular weight excluding hydrogens is 248 g/mol. The number of nitrogens with one attached hydrogen (secondary N) is 1. The molecule has 0 saturated carbocycles. The number of pyridine rings is 1. The molecule has 1 rings (SSSR count). The second-order valence-corrected chi connectivity index (χ2v) is 3.02. The maximum absolute atomic E-state index is 12.4. The van der Waals surface area contributed by atoms with Gasteiger partial charge in [-0.25, -0.2) is 8.78 Å².